The summed E-state index contributed by atoms with van der Waals surface area (Å²) in [5.41, 5.74) is 0. The number of para-hydroxylation sites is 1. The summed E-state index contributed by atoms with van der Waals surface area (Å²) in [6, 6.07) is 6.90. The summed E-state index contributed by atoms with van der Waals surface area (Å²) in [6.07, 6.45) is 0.883. The summed E-state index contributed by atoms with van der Waals surface area (Å²) >= 11 is 6.08. The number of nitrogens with zero attached hydrogens (tertiary/aromatic N) is 2. The van der Waals surface area contributed by atoms with Gasteiger partial charge in [-0.25, -0.2) is 0 Å². The number of rotatable bonds is 7. The van der Waals surface area contributed by atoms with Crippen molar-refractivity contribution in [2.45, 2.75) is 32.3 Å². The van der Waals surface area contributed by atoms with Gasteiger partial charge in [0, 0.05) is 20.1 Å². The van der Waals surface area contributed by atoms with Crippen LogP contribution in [0.4, 0.5) is 0 Å². The molecule has 0 radical (unpaired) electrons. The van der Waals surface area contributed by atoms with Gasteiger partial charge < -0.3 is 19.6 Å². The molecule has 1 aliphatic heterocycles. The molecule has 1 aromatic carbocycles. The predicted octanol–water partition coefficient (Wildman–Crippen LogP) is 2.28. The van der Waals surface area contributed by atoms with Gasteiger partial charge in [0.1, 0.15) is 5.75 Å². The van der Waals surface area contributed by atoms with Crippen LogP contribution in [0, 0.1) is 5.92 Å². The fourth-order valence-electron chi connectivity index (χ4n) is 3.03. The first-order chi connectivity index (χ1) is 12.8. The average molecular weight is 397 g/mol. The fraction of sp³-hybridized carbons (Fsp3) is 0.526. The van der Waals surface area contributed by atoms with E-state index in [1.807, 2.05) is 6.92 Å². The first-order valence-electron chi connectivity index (χ1n) is 9.00. The van der Waals surface area contributed by atoms with E-state index in [-0.39, 0.29) is 24.9 Å². The summed E-state index contributed by atoms with van der Waals surface area (Å²) in [5.74, 6) is -1.60. The molecule has 1 fully saturated rings. The average Bonchev–Trinajstić information content (AvgIpc) is 2.66. The number of carboxylic acid groups (broad SMARTS) is 1. The molecule has 148 valence electrons. The highest BCUT2D eigenvalue weighted by Gasteiger charge is 2.30. The Balaban J connectivity index is 1.95. The molecular weight excluding hydrogens is 372 g/mol. The van der Waals surface area contributed by atoms with Crippen LogP contribution in [0.1, 0.15) is 26.2 Å². The summed E-state index contributed by atoms with van der Waals surface area (Å²) in [7, 11) is 1.54. The summed E-state index contributed by atoms with van der Waals surface area (Å²) < 4.78 is 5.73. The summed E-state index contributed by atoms with van der Waals surface area (Å²) in [5, 5.41) is 9.56. The summed E-state index contributed by atoms with van der Waals surface area (Å²) in [4.78, 5) is 39.1. The van der Waals surface area contributed by atoms with Crippen LogP contribution < -0.4 is 4.74 Å². The van der Waals surface area contributed by atoms with Gasteiger partial charge in [0.25, 0.3) is 5.91 Å². The number of carboxylic acids is 1. The van der Waals surface area contributed by atoms with E-state index in [0.717, 1.165) is 0 Å². The van der Waals surface area contributed by atoms with E-state index >= 15 is 0 Å². The maximum atomic E-state index is 12.7. The number of hydrogen-bond acceptors (Lipinski definition) is 4. The molecule has 2 amide bonds. The molecule has 2 unspecified atom stereocenters. The lowest BCUT2D eigenvalue weighted by molar-refractivity contribution is -0.148. The number of aliphatic carboxylic acids is 1. The van der Waals surface area contributed by atoms with Crippen molar-refractivity contribution in [3.05, 3.63) is 29.3 Å². The van der Waals surface area contributed by atoms with Crippen LogP contribution in [0.5, 0.6) is 5.75 Å². The number of amides is 2. The third kappa shape index (κ3) is 5.60. The fourth-order valence-corrected chi connectivity index (χ4v) is 3.21. The molecule has 0 saturated carbocycles. The van der Waals surface area contributed by atoms with Crippen molar-refractivity contribution >= 4 is 29.4 Å². The number of carbonyl (C=O) groups is 3. The molecule has 1 N–H and O–H groups in total. The van der Waals surface area contributed by atoms with Gasteiger partial charge in [-0.1, -0.05) is 30.7 Å². The van der Waals surface area contributed by atoms with Crippen LogP contribution in [0.3, 0.4) is 0 Å². The van der Waals surface area contributed by atoms with Gasteiger partial charge in [0.05, 0.1) is 17.5 Å². The zero-order chi connectivity index (χ0) is 20.0. The van der Waals surface area contributed by atoms with Gasteiger partial charge in [0.2, 0.25) is 5.91 Å². The van der Waals surface area contributed by atoms with Crippen molar-refractivity contribution in [1.29, 1.82) is 0 Å². The van der Waals surface area contributed by atoms with E-state index in [1.54, 1.807) is 24.3 Å². The van der Waals surface area contributed by atoms with Gasteiger partial charge in [-0.15, -0.1) is 0 Å². The Kier molecular flexibility index (Phi) is 7.47. The molecule has 0 bridgehead atoms. The minimum atomic E-state index is -0.892. The molecule has 1 saturated heterocycles. The van der Waals surface area contributed by atoms with Gasteiger partial charge in [-0.2, -0.15) is 0 Å². The van der Waals surface area contributed by atoms with Crippen molar-refractivity contribution in [2.24, 2.45) is 5.92 Å². The zero-order valence-corrected chi connectivity index (χ0v) is 16.3. The number of benzene rings is 1. The van der Waals surface area contributed by atoms with E-state index < -0.39 is 18.0 Å². The van der Waals surface area contributed by atoms with E-state index in [2.05, 4.69) is 0 Å². The molecule has 8 heteroatoms. The van der Waals surface area contributed by atoms with Crippen LogP contribution in [0.15, 0.2) is 24.3 Å². The van der Waals surface area contributed by atoms with Crippen molar-refractivity contribution in [2.75, 3.05) is 26.7 Å². The maximum absolute atomic E-state index is 12.7. The quantitative estimate of drug-likeness (QED) is 0.764. The molecule has 2 rings (SSSR count). The first kappa shape index (κ1) is 21.0. The number of ether oxygens (including phenoxy) is 1. The van der Waals surface area contributed by atoms with Crippen molar-refractivity contribution in [3.63, 3.8) is 0 Å². The number of likely N-dealkylation sites (N-methyl/N-ethyl adjacent to an activating group) is 1. The van der Waals surface area contributed by atoms with Crippen LogP contribution in [-0.4, -0.2) is 65.5 Å². The Morgan fingerprint density at radius 3 is 2.70 bits per heavy atom. The van der Waals surface area contributed by atoms with Crippen LogP contribution in [0.2, 0.25) is 5.02 Å². The highest BCUT2D eigenvalue weighted by molar-refractivity contribution is 6.32. The minimum absolute atomic E-state index is 0.118. The molecule has 0 aliphatic carbocycles. The Morgan fingerprint density at radius 2 is 2.07 bits per heavy atom. The second-order valence-corrected chi connectivity index (χ2v) is 7.06. The van der Waals surface area contributed by atoms with Crippen LogP contribution in [-0.2, 0) is 14.4 Å². The van der Waals surface area contributed by atoms with E-state index in [4.69, 9.17) is 21.4 Å². The standard InChI is InChI=1S/C19H25ClN2O5/c1-3-15(27-16-9-5-4-8-14(16)20)18(24)21(2)12-17(23)22-10-6-7-13(11-22)19(25)26/h4-5,8-9,13,15H,3,6-7,10-12H2,1-2H3,(H,25,26). The largest absolute Gasteiger partial charge is 0.481 e. The monoisotopic (exact) mass is 396 g/mol. The zero-order valence-electron chi connectivity index (χ0n) is 15.6. The molecule has 1 aliphatic rings. The van der Waals surface area contributed by atoms with Gasteiger partial charge in [-0.3, -0.25) is 14.4 Å². The van der Waals surface area contributed by atoms with Gasteiger partial charge in [-0.05, 0) is 31.4 Å². The Hall–Kier alpha value is -2.28. The van der Waals surface area contributed by atoms with E-state index in [0.29, 0.717) is 36.6 Å². The number of carbonyl (C=O) groups excluding carboxylic acids is 2. The molecule has 1 heterocycles. The van der Waals surface area contributed by atoms with Crippen molar-refractivity contribution in [3.8, 4) is 5.75 Å². The molecule has 2 atom stereocenters. The van der Waals surface area contributed by atoms with Crippen LogP contribution >= 0.6 is 11.6 Å². The molecular formula is C19H25ClN2O5. The number of halogens is 1. The minimum Gasteiger partial charge on any atom is -0.481 e. The Bertz CT molecular complexity index is 696. The lowest BCUT2D eigenvalue weighted by atomic mass is 9.98. The number of piperidine rings is 1. The summed E-state index contributed by atoms with van der Waals surface area (Å²) in [6.45, 7) is 2.40. The Labute approximate surface area is 163 Å². The Morgan fingerprint density at radius 1 is 1.37 bits per heavy atom. The molecule has 27 heavy (non-hydrogen) atoms. The second kappa shape index (κ2) is 9.60. The number of hydrogen-bond donors (Lipinski definition) is 1. The number of likely N-dealkylation sites (tertiary alicyclic amines) is 1. The van der Waals surface area contributed by atoms with Gasteiger partial charge >= 0.3 is 5.97 Å². The SMILES string of the molecule is CCC(Oc1ccccc1Cl)C(=O)N(C)CC(=O)N1CCCC(C(=O)O)C1. The maximum Gasteiger partial charge on any atom is 0.308 e. The normalized spacial score (nSPS) is 17.9. The highest BCUT2D eigenvalue weighted by atomic mass is 35.5. The third-order valence-corrected chi connectivity index (χ3v) is 4.94. The molecule has 1 aromatic rings. The molecule has 0 spiro atoms. The van der Waals surface area contributed by atoms with Gasteiger partial charge in [0.15, 0.2) is 6.10 Å². The van der Waals surface area contributed by atoms with E-state index in [9.17, 15) is 14.4 Å². The third-order valence-electron chi connectivity index (χ3n) is 4.62. The lowest BCUT2D eigenvalue weighted by Crippen LogP contribution is -2.49. The molecule has 0 aromatic heterocycles. The van der Waals surface area contributed by atoms with Crippen molar-refractivity contribution in [1.82, 2.24) is 9.80 Å². The lowest BCUT2D eigenvalue weighted by Gasteiger charge is -2.32. The van der Waals surface area contributed by atoms with E-state index in [1.165, 1.54) is 16.8 Å². The topological polar surface area (TPSA) is 87.2 Å². The van der Waals surface area contributed by atoms with Crippen LogP contribution in [0.25, 0.3) is 0 Å². The first-order valence-corrected chi connectivity index (χ1v) is 9.38. The predicted molar refractivity (Wildman–Crippen MR) is 101 cm³/mol. The smallest absolute Gasteiger partial charge is 0.308 e. The molecule has 7 nitrogen and oxygen atoms in total. The van der Waals surface area contributed by atoms with Crippen molar-refractivity contribution < 1.29 is 24.2 Å². The second-order valence-electron chi connectivity index (χ2n) is 6.66. The highest BCUT2D eigenvalue weighted by Crippen LogP contribution is 2.25.